The second-order valence-corrected chi connectivity index (χ2v) is 13.2. The van der Waals surface area contributed by atoms with Crippen LogP contribution in [0.2, 0.25) is 0 Å². The number of ether oxygens (including phenoxy) is 4. The monoisotopic (exact) mass is 588 g/mol. The Labute approximate surface area is 244 Å². The van der Waals surface area contributed by atoms with Gasteiger partial charge in [-0.2, -0.15) is 0 Å². The number of aliphatic hydroxyl groups excluding tert-OH is 2. The Hall–Kier alpha value is -2.86. The average Bonchev–Trinajstić information content (AvgIpc) is 2.90. The molecule has 3 saturated carbocycles. The zero-order valence-corrected chi connectivity index (χ0v) is 24.7. The first-order valence-electron chi connectivity index (χ1n) is 14.4. The highest BCUT2D eigenvalue weighted by molar-refractivity contribution is 5.93. The maximum Gasteiger partial charge on any atom is 0.338 e. The van der Waals surface area contributed by atoms with Gasteiger partial charge >= 0.3 is 17.9 Å². The van der Waals surface area contributed by atoms with Crippen LogP contribution in [-0.2, 0) is 33.3 Å². The Morgan fingerprint density at radius 3 is 2.19 bits per heavy atom. The first-order chi connectivity index (χ1) is 19.5. The van der Waals surface area contributed by atoms with Gasteiger partial charge in [0.15, 0.2) is 17.5 Å². The molecule has 3 aliphatic carbocycles. The summed E-state index contributed by atoms with van der Waals surface area (Å²) in [6.07, 6.45) is -6.88. The summed E-state index contributed by atoms with van der Waals surface area (Å²) in [5.74, 6) is -5.85. The number of hydrogen-bond acceptors (Lipinski definition) is 11. The normalized spacial score (nSPS) is 43.8. The third kappa shape index (κ3) is 4.15. The van der Waals surface area contributed by atoms with Gasteiger partial charge in [0.1, 0.15) is 17.8 Å². The minimum atomic E-state index is -2.05. The van der Waals surface area contributed by atoms with Gasteiger partial charge in [0, 0.05) is 38.0 Å². The summed E-state index contributed by atoms with van der Waals surface area (Å²) in [5.41, 5.74) is -6.62. The Balaban J connectivity index is 1.82. The maximum atomic E-state index is 14.8. The van der Waals surface area contributed by atoms with Crippen LogP contribution in [0.5, 0.6) is 0 Å². The zero-order chi connectivity index (χ0) is 31.0. The van der Waals surface area contributed by atoms with Crippen molar-refractivity contribution in [3.8, 4) is 0 Å². The van der Waals surface area contributed by atoms with E-state index in [1.54, 1.807) is 39.0 Å². The Morgan fingerprint density at radius 2 is 1.64 bits per heavy atom. The number of benzene rings is 1. The van der Waals surface area contributed by atoms with Crippen molar-refractivity contribution in [1.29, 1.82) is 0 Å². The number of ketones is 1. The highest BCUT2D eigenvalue weighted by Gasteiger charge is 2.79. The maximum absolute atomic E-state index is 14.8. The summed E-state index contributed by atoms with van der Waals surface area (Å²) in [6.45, 7) is 8.72. The molecule has 2 bridgehead atoms. The summed E-state index contributed by atoms with van der Waals surface area (Å²) < 4.78 is 23.6. The summed E-state index contributed by atoms with van der Waals surface area (Å²) in [7, 11) is 0. The lowest BCUT2D eigenvalue weighted by molar-refractivity contribution is -0.355. The van der Waals surface area contributed by atoms with E-state index in [0.717, 1.165) is 6.92 Å². The molecule has 4 aliphatic rings. The van der Waals surface area contributed by atoms with Gasteiger partial charge < -0.3 is 34.3 Å². The molecule has 3 N–H and O–H groups in total. The van der Waals surface area contributed by atoms with Crippen molar-refractivity contribution < 1.29 is 53.4 Å². The highest BCUT2D eigenvalue weighted by atomic mass is 16.6. The fourth-order valence-electron chi connectivity index (χ4n) is 8.46. The van der Waals surface area contributed by atoms with E-state index in [0.29, 0.717) is 0 Å². The molecule has 11 unspecified atom stereocenters. The van der Waals surface area contributed by atoms with E-state index in [2.05, 4.69) is 0 Å². The van der Waals surface area contributed by atoms with Gasteiger partial charge in [0.2, 0.25) is 0 Å². The molecular formula is C31H40O11. The number of carbonyl (C=O) groups is 4. The molecular weight excluding hydrogens is 548 g/mol. The summed E-state index contributed by atoms with van der Waals surface area (Å²) >= 11 is 0. The number of rotatable bonds is 4. The predicted molar refractivity (Wildman–Crippen MR) is 145 cm³/mol. The van der Waals surface area contributed by atoms with Crippen LogP contribution >= 0.6 is 0 Å². The third-order valence-electron chi connectivity index (χ3n) is 10.8. The van der Waals surface area contributed by atoms with Crippen molar-refractivity contribution in [2.75, 3.05) is 6.61 Å². The molecule has 4 fully saturated rings. The minimum Gasteiger partial charge on any atom is -0.455 e. The largest absolute Gasteiger partial charge is 0.455 e. The van der Waals surface area contributed by atoms with Crippen molar-refractivity contribution >= 4 is 23.7 Å². The summed E-state index contributed by atoms with van der Waals surface area (Å²) in [5, 5.41) is 35.9. The molecule has 42 heavy (non-hydrogen) atoms. The number of carbonyl (C=O) groups excluding carboxylic acids is 4. The molecule has 230 valence electrons. The molecule has 0 radical (unpaired) electrons. The van der Waals surface area contributed by atoms with E-state index in [-0.39, 0.29) is 25.0 Å². The van der Waals surface area contributed by atoms with Crippen LogP contribution in [0.25, 0.3) is 0 Å². The molecule has 0 spiro atoms. The molecule has 5 rings (SSSR count). The lowest BCUT2D eigenvalue weighted by Crippen LogP contribution is -2.83. The fourth-order valence-corrected chi connectivity index (χ4v) is 8.46. The number of Topliss-reactive ketones (excluding diaryl/α,β-unsaturated/α-hetero) is 1. The summed E-state index contributed by atoms with van der Waals surface area (Å²) in [4.78, 5) is 53.5. The molecule has 1 aromatic carbocycles. The quantitative estimate of drug-likeness (QED) is 0.345. The molecule has 1 aliphatic heterocycles. The van der Waals surface area contributed by atoms with Gasteiger partial charge in [0.25, 0.3) is 0 Å². The topological polar surface area (TPSA) is 166 Å². The van der Waals surface area contributed by atoms with E-state index >= 15 is 0 Å². The lowest BCUT2D eigenvalue weighted by Gasteiger charge is -2.68. The first-order valence-corrected chi connectivity index (χ1v) is 14.4. The Bertz CT molecular complexity index is 1280. The van der Waals surface area contributed by atoms with E-state index in [1.165, 1.54) is 26.0 Å². The highest BCUT2D eigenvalue weighted by Crippen LogP contribution is 2.65. The van der Waals surface area contributed by atoms with Crippen molar-refractivity contribution in [3.05, 3.63) is 35.9 Å². The van der Waals surface area contributed by atoms with E-state index in [9.17, 15) is 34.5 Å². The van der Waals surface area contributed by atoms with Crippen LogP contribution in [0.1, 0.15) is 64.7 Å². The molecule has 0 aromatic heterocycles. The third-order valence-corrected chi connectivity index (χ3v) is 10.8. The van der Waals surface area contributed by atoms with Gasteiger partial charge in [-0.25, -0.2) is 4.79 Å². The van der Waals surface area contributed by atoms with Crippen LogP contribution in [0.3, 0.4) is 0 Å². The van der Waals surface area contributed by atoms with Gasteiger partial charge in [-0.3, -0.25) is 14.4 Å². The second kappa shape index (κ2) is 10.1. The number of esters is 3. The molecule has 1 aromatic rings. The average molecular weight is 589 g/mol. The molecule has 1 heterocycles. The molecule has 11 atom stereocenters. The van der Waals surface area contributed by atoms with E-state index in [4.69, 9.17) is 18.9 Å². The second-order valence-electron chi connectivity index (χ2n) is 13.2. The van der Waals surface area contributed by atoms with Gasteiger partial charge in [-0.15, -0.1) is 0 Å². The van der Waals surface area contributed by atoms with Crippen LogP contribution in [-0.4, -0.2) is 87.3 Å². The van der Waals surface area contributed by atoms with Crippen LogP contribution in [0, 0.1) is 28.6 Å². The van der Waals surface area contributed by atoms with Crippen molar-refractivity contribution in [3.63, 3.8) is 0 Å². The fraction of sp³-hybridized carbons (Fsp3) is 0.677. The minimum absolute atomic E-state index is 0.0944. The Kier molecular flexibility index (Phi) is 7.36. The zero-order valence-electron chi connectivity index (χ0n) is 24.7. The van der Waals surface area contributed by atoms with Crippen molar-refractivity contribution in [2.24, 2.45) is 28.6 Å². The first kappa shape index (κ1) is 30.6. The van der Waals surface area contributed by atoms with Crippen molar-refractivity contribution in [1.82, 2.24) is 0 Å². The smallest absolute Gasteiger partial charge is 0.338 e. The SMILES string of the molecule is CC(=O)OC1C(=O)C2(C)C(O)CC3OCC3(OC(C)=O)C2C(OC(=O)c2ccccc2)C2(O)CC(O)C(C)C1C2(C)C. The standard InChI is InChI=1S/C31H40O11/c1-15-19(34)13-31(38)26(41-27(37)18-10-8-7-9-11-18)24-29(6,20(35)12-21-30(24,14-39-21)42-17(3)33)25(36)23(40-16(2)32)22(15)28(31,4)5/h7-11,15,19-24,26,34-35,38H,12-14H2,1-6H3. The van der Waals surface area contributed by atoms with Gasteiger partial charge in [0.05, 0.1) is 35.7 Å². The van der Waals surface area contributed by atoms with Crippen molar-refractivity contribution in [2.45, 2.75) is 96.1 Å². The number of hydrogen-bond donors (Lipinski definition) is 3. The van der Waals surface area contributed by atoms with E-state index < -0.39 is 94.0 Å². The number of fused-ring (bicyclic) bond motifs is 5. The van der Waals surface area contributed by atoms with Crippen LogP contribution < -0.4 is 0 Å². The molecule has 1 saturated heterocycles. The van der Waals surface area contributed by atoms with E-state index in [1.807, 2.05) is 0 Å². The van der Waals surface area contributed by atoms with Gasteiger partial charge in [-0.1, -0.05) is 39.0 Å². The molecule has 0 amide bonds. The van der Waals surface area contributed by atoms with Gasteiger partial charge in [-0.05, 0) is 25.0 Å². The predicted octanol–water partition coefficient (Wildman–Crippen LogP) is 1.59. The lowest BCUT2D eigenvalue weighted by atomic mass is 9.42. The molecule has 11 heteroatoms. The van der Waals surface area contributed by atoms with Crippen LogP contribution in [0.15, 0.2) is 30.3 Å². The van der Waals surface area contributed by atoms with Crippen LogP contribution in [0.4, 0.5) is 0 Å². The number of aliphatic hydroxyl groups is 3. The Morgan fingerprint density at radius 1 is 1.00 bits per heavy atom. The summed E-state index contributed by atoms with van der Waals surface area (Å²) in [6, 6.07) is 8.09. The molecule has 11 nitrogen and oxygen atoms in total.